The Morgan fingerprint density at radius 3 is 2.62 bits per heavy atom. The molecular formula is C10H15Cl2N3O. The summed E-state index contributed by atoms with van der Waals surface area (Å²) in [6.45, 7) is 1.23. The lowest BCUT2D eigenvalue weighted by molar-refractivity contribution is 0.301. The quantitative estimate of drug-likeness (QED) is 0.484. The number of nitrogens with two attached hydrogens (primary N) is 1. The Labute approximate surface area is 105 Å². The highest BCUT2D eigenvalue weighted by molar-refractivity contribution is 6.43. The third kappa shape index (κ3) is 3.23. The molecule has 16 heavy (non-hydrogen) atoms. The molecule has 6 heteroatoms. The Bertz CT molecular complexity index is 360. The molecule has 0 aliphatic heterocycles. The van der Waals surface area contributed by atoms with Crippen LogP contribution in [0.4, 0.5) is 0 Å². The highest BCUT2D eigenvalue weighted by atomic mass is 35.5. The van der Waals surface area contributed by atoms with E-state index in [2.05, 4.69) is 5.43 Å². The molecule has 3 N–H and O–H groups in total. The van der Waals surface area contributed by atoms with Gasteiger partial charge in [-0.2, -0.15) is 0 Å². The number of benzene rings is 1. The topological polar surface area (TPSA) is 50.5 Å². The number of hydrazine groups is 1. The summed E-state index contributed by atoms with van der Waals surface area (Å²) in [6, 6.07) is 3.69. The largest absolute Gasteiger partial charge is 0.495 e. The average Bonchev–Trinajstić information content (AvgIpc) is 2.25. The smallest absolute Gasteiger partial charge is 0.138 e. The molecule has 0 aliphatic carbocycles. The fraction of sp³-hybridized carbons (Fsp3) is 0.400. The molecule has 0 aliphatic rings. The summed E-state index contributed by atoms with van der Waals surface area (Å²) >= 11 is 12.2. The molecule has 0 aromatic heterocycles. The Kier molecular flexibility index (Phi) is 5.31. The van der Waals surface area contributed by atoms with Crippen LogP contribution in [0.15, 0.2) is 12.1 Å². The maximum absolute atomic E-state index is 6.13. The number of hydrogen-bond acceptors (Lipinski definition) is 4. The molecule has 4 nitrogen and oxygen atoms in total. The Morgan fingerprint density at radius 2 is 2.06 bits per heavy atom. The van der Waals surface area contributed by atoms with Gasteiger partial charge in [-0.15, -0.1) is 0 Å². The minimum Gasteiger partial charge on any atom is -0.495 e. The lowest BCUT2D eigenvalue weighted by Crippen LogP contribution is -2.35. The third-order valence-electron chi connectivity index (χ3n) is 2.15. The van der Waals surface area contributed by atoms with Crippen molar-refractivity contribution in [2.24, 2.45) is 5.84 Å². The molecule has 0 unspecified atom stereocenters. The van der Waals surface area contributed by atoms with Crippen LogP contribution < -0.4 is 16.0 Å². The maximum Gasteiger partial charge on any atom is 0.138 e. The molecule has 1 rings (SSSR count). The fourth-order valence-corrected chi connectivity index (χ4v) is 1.83. The van der Waals surface area contributed by atoms with Gasteiger partial charge in [0.25, 0.3) is 0 Å². The first-order valence-electron chi connectivity index (χ1n) is 4.73. The van der Waals surface area contributed by atoms with Gasteiger partial charge in [0, 0.05) is 6.54 Å². The molecule has 0 radical (unpaired) electrons. The predicted octanol–water partition coefficient (Wildman–Crippen LogP) is 1.85. The van der Waals surface area contributed by atoms with Crippen molar-refractivity contribution in [1.29, 1.82) is 0 Å². The second-order valence-corrected chi connectivity index (χ2v) is 4.19. The van der Waals surface area contributed by atoms with Crippen LogP contribution >= 0.6 is 23.2 Å². The molecule has 0 amide bonds. The minimum absolute atomic E-state index is 0.441. The summed E-state index contributed by atoms with van der Waals surface area (Å²) < 4.78 is 5.07. The van der Waals surface area contributed by atoms with Gasteiger partial charge in [0.05, 0.1) is 18.8 Å². The van der Waals surface area contributed by atoms with Crippen LogP contribution in [-0.4, -0.2) is 25.7 Å². The Hall–Kier alpha value is -0.520. The highest BCUT2D eigenvalue weighted by Crippen LogP contribution is 2.34. The van der Waals surface area contributed by atoms with Crippen molar-refractivity contribution in [3.05, 3.63) is 27.7 Å². The van der Waals surface area contributed by atoms with Gasteiger partial charge in [-0.05, 0) is 18.7 Å². The van der Waals surface area contributed by atoms with Crippen LogP contribution in [0.25, 0.3) is 0 Å². The fourth-order valence-electron chi connectivity index (χ4n) is 1.35. The number of methoxy groups -OCH3 is 1. The summed E-state index contributed by atoms with van der Waals surface area (Å²) in [5, 5.41) is 0.959. The first kappa shape index (κ1) is 13.5. The monoisotopic (exact) mass is 263 g/mol. The summed E-state index contributed by atoms with van der Waals surface area (Å²) in [5.74, 6) is 5.80. The molecule has 0 saturated heterocycles. The Balaban J connectivity index is 2.86. The van der Waals surface area contributed by atoms with E-state index in [-0.39, 0.29) is 0 Å². The zero-order chi connectivity index (χ0) is 12.1. The van der Waals surface area contributed by atoms with E-state index >= 15 is 0 Å². The van der Waals surface area contributed by atoms with Crippen LogP contribution in [0.5, 0.6) is 5.75 Å². The Morgan fingerprint density at radius 1 is 1.38 bits per heavy atom. The summed E-state index contributed by atoms with van der Waals surface area (Å²) in [4.78, 5) is 1.98. The zero-order valence-corrected chi connectivity index (χ0v) is 10.8. The van der Waals surface area contributed by atoms with E-state index in [1.807, 2.05) is 18.0 Å². The second kappa shape index (κ2) is 6.27. The number of nitrogens with zero attached hydrogens (tertiary/aromatic N) is 1. The molecule has 0 bridgehead atoms. The number of ether oxygens (including phenoxy) is 1. The van der Waals surface area contributed by atoms with E-state index in [1.165, 1.54) is 0 Å². The van der Waals surface area contributed by atoms with Gasteiger partial charge in [0.1, 0.15) is 10.8 Å². The molecular weight excluding hydrogens is 249 g/mol. The van der Waals surface area contributed by atoms with E-state index in [0.717, 1.165) is 5.56 Å². The van der Waals surface area contributed by atoms with Crippen LogP contribution in [0.1, 0.15) is 5.56 Å². The third-order valence-corrected chi connectivity index (χ3v) is 3.05. The second-order valence-electron chi connectivity index (χ2n) is 3.43. The lowest BCUT2D eigenvalue weighted by Gasteiger charge is -2.17. The predicted molar refractivity (Wildman–Crippen MR) is 66.7 cm³/mol. The van der Waals surface area contributed by atoms with Crippen molar-refractivity contribution in [1.82, 2.24) is 10.3 Å². The van der Waals surface area contributed by atoms with Crippen LogP contribution in [0, 0.1) is 0 Å². The minimum atomic E-state index is 0.441. The van der Waals surface area contributed by atoms with E-state index in [0.29, 0.717) is 29.0 Å². The molecule has 0 heterocycles. The molecule has 0 atom stereocenters. The average molecular weight is 264 g/mol. The number of nitrogens with one attached hydrogen (secondary N) is 1. The van der Waals surface area contributed by atoms with Crippen molar-refractivity contribution >= 4 is 23.2 Å². The molecule has 1 aromatic rings. The van der Waals surface area contributed by atoms with Crippen molar-refractivity contribution < 1.29 is 4.74 Å². The van der Waals surface area contributed by atoms with E-state index in [4.69, 9.17) is 33.8 Å². The summed E-state index contributed by atoms with van der Waals surface area (Å²) in [6.07, 6.45) is 0. The zero-order valence-electron chi connectivity index (χ0n) is 9.26. The van der Waals surface area contributed by atoms with Gasteiger partial charge in [0.15, 0.2) is 0 Å². The first-order valence-corrected chi connectivity index (χ1v) is 5.48. The van der Waals surface area contributed by atoms with Crippen molar-refractivity contribution in [2.45, 2.75) is 6.54 Å². The standard InChI is InChI=1S/C10H15Cl2N3O/c1-15(6-14-13)5-7-3-4-8(16-2)10(12)9(7)11/h3-4,14H,5-6,13H2,1-2H3. The number of halogens is 2. The molecule has 1 aromatic carbocycles. The molecule has 90 valence electrons. The van der Waals surface area contributed by atoms with Crippen LogP contribution in [0.2, 0.25) is 10.0 Å². The van der Waals surface area contributed by atoms with E-state index < -0.39 is 0 Å². The summed E-state index contributed by atoms with van der Waals surface area (Å²) in [5.41, 5.74) is 3.50. The van der Waals surface area contributed by atoms with E-state index in [9.17, 15) is 0 Å². The summed E-state index contributed by atoms with van der Waals surface area (Å²) in [7, 11) is 3.48. The first-order chi connectivity index (χ1) is 7.60. The lowest BCUT2D eigenvalue weighted by atomic mass is 10.2. The van der Waals surface area contributed by atoms with Crippen molar-refractivity contribution in [3.8, 4) is 5.75 Å². The van der Waals surface area contributed by atoms with Crippen molar-refractivity contribution in [2.75, 3.05) is 20.8 Å². The normalized spacial score (nSPS) is 10.9. The van der Waals surface area contributed by atoms with Gasteiger partial charge in [0.2, 0.25) is 0 Å². The van der Waals surface area contributed by atoms with Crippen molar-refractivity contribution in [3.63, 3.8) is 0 Å². The van der Waals surface area contributed by atoms with Gasteiger partial charge in [-0.25, -0.2) is 5.43 Å². The number of rotatable bonds is 5. The SMILES string of the molecule is COc1ccc(CN(C)CNN)c(Cl)c1Cl. The van der Waals surface area contributed by atoms with Crippen LogP contribution in [0.3, 0.4) is 0 Å². The molecule has 0 saturated carbocycles. The molecule has 0 fully saturated rings. The van der Waals surface area contributed by atoms with Gasteiger partial charge < -0.3 is 4.74 Å². The van der Waals surface area contributed by atoms with Crippen LogP contribution in [-0.2, 0) is 6.54 Å². The number of hydrogen-bond donors (Lipinski definition) is 2. The van der Waals surface area contributed by atoms with Gasteiger partial charge in [-0.1, -0.05) is 29.3 Å². The van der Waals surface area contributed by atoms with Gasteiger partial charge >= 0.3 is 0 Å². The maximum atomic E-state index is 6.13. The highest BCUT2D eigenvalue weighted by Gasteiger charge is 2.11. The van der Waals surface area contributed by atoms with Gasteiger partial charge in [-0.3, -0.25) is 10.7 Å². The van der Waals surface area contributed by atoms with E-state index in [1.54, 1.807) is 13.2 Å². The molecule has 0 spiro atoms.